The van der Waals surface area contributed by atoms with Crippen LogP contribution in [0.3, 0.4) is 0 Å². The van der Waals surface area contributed by atoms with Gasteiger partial charge in [0.25, 0.3) is 0 Å². The molecule has 0 N–H and O–H groups in total. The Kier molecular flexibility index (Phi) is 3.57. The molecule has 1 aliphatic rings. The summed E-state index contributed by atoms with van der Waals surface area (Å²) in [5.74, 6) is 0. The minimum atomic E-state index is 0.0519. The van der Waals surface area contributed by atoms with E-state index in [1.54, 1.807) is 0 Å². The number of pyridine rings is 1. The highest BCUT2D eigenvalue weighted by Gasteiger charge is 2.36. The van der Waals surface area contributed by atoms with E-state index in [1.807, 2.05) is 0 Å². The number of rotatable bonds is 2. The van der Waals surface area contributed by atoms with Gasteiger partial charge < -0.3 is 0 Å². The first-order valence-electron chi connectivity index (χ1n) is 9.17. The van der Waals surface area contributed by atoms with Gasteiger partial charge in [0.2, 0.25) is 5.69 Å². The molecule has 3 aromatic rings. The molecule has 0 spiro atoms. The third kappa shape index (κ3) is 2.33. The Bertz CT molecular complexity index is 979. The fraction of sp³-hybridized carbons (Fsp3) is 0.292. The molecule has 0 saturated heterocycles. The summed E-state index contributed by atoms with van der Waals surface area (Å²) in [6.07, 6.45) is 3.32. The van der Waals surface area contributed by atoms with Gasteiger partial charge in [-0.3, -0.25) is 0 Å². The van der Waals surface area contributed by atoms with Crippen molar-refractivity contribution < 1.29 is 4.57 Å². The predicted octanol–water partition coefficient (Wildman–Crippen LogP) is 5.36. The highest BCUT2D eigenvalue weighted by molar-refractivity contribution is 5.84. The fourth-order valence-electron chi connectivity index (χ4n) is 4.29. The minimum absolute atomic E-state index is 0.0519. The standard InChI is InChI=1S/C24H26N/c1-6-17-11-12-23(25(5)15-17)19-14-22-20(13-16(19)2)18-9-7-8-10-21(18)24(22,3)4/h7-15H,6H2,1-5H3/q+1. The molecule has 0 amide bonds. The molecule has 0 unspecified atom stereocenters. The second-order valence-electron chi connectivity index (χ2n) is 7.77. The fourth-order valence-corrected chi connectivity index (χ4v) is 4.29. The van der Waals surface area contributed by atoms with Gasteiger partial charge in [0, 0.05) is 22.6 Å². The molecule has 4 rings (SSSR count). The maximum atomic E-state index is 2.42. The van der Waals surface area contributed by atoms with Crippen LogP contribution in [0.15, 0.2) is 54.7 Å². The van der Waals surface area contributed by atoms with E-state index in [1.165, 1.54) is 44.6 Å². The summed E-state index contributed by atoms with van der Waals surface area (Å²) in [4.78, 5) is 0. The van der Waals surface area contributed by atoms with Crippen LogP contribution >= 0.6 is 0 Å². The van der Waals surface area contributed by atoms with Gasteiger partial charge >= 0.3 is 0 Å². The van der Waals surface area contributed by atoms with Gasteiger partial charge in [0.1, 0.15) is 7.05 Å². The Balaban J connectivity index is 1.94. The van der Waals surface area contributed by atoms with Gasteiger partial charge in [-0.1, -0.05) is 51.1 Å². The molecule has 1 aliphatic carbocycles. The lowest BCUT2D eigenvalue weighted by atomic mass is 9.81. The Morgan fingerprint density at radius 2 is 1.64 bits per heavy atom. The van der Waals surface area contributed by atoms with Gasteiger partial charge in [-0.15, -0.1) is 0 Å². The van der Waals surface area contributed by atoms with Crippen molar-refractivity contribution in [2.24, 2.45) is 7.05 Å². The zero-order valence-corrected chi connectivity index (χ0v) is 15.9. The van der Waals surface area contributed by atoms with Crippen molar-refractivity contribution in [3.63, 3.8) is 0 Å². The largest absolute Gasteiger partial charge is 0.212 e. The summed E-state index contributed by atoms with van der Waals surface area (Å²) in [5, 5.41) is 0. The van der Waals surface area contributed by atoms with E-state index in [-0.39, 0.29) is 5.41 Å². The summed E-state index contributed by atoms with van der Waals surface area (Å²) < 4.78 is 2.27. The number of nitrogens with zero attached hydrogens (tertiary/aromatic N) is 1. The summed E-state index contributed by atoms with van der Waals surface area (Å²) in [6, 6.07) is 18.2. The Morgan fingerprint density at radius 3 is 2.36 bits per heavy atom. The molecular weight excluding hydrogens is 302 g/mol. The average Bonchev–Trinajstić information content (AvgIpc) is 2.82. The molecule has 126 valence electrons. The van der Waals surface area contributed by atoms with Crippen molar-refractivity contribution in [1.82, 2.24) is 0 Å². The molecule has 25 heavy (non-hydrogen) atoms. The second kappa shape index (κ2) is 5.56. The lowest BCUT2D eigenvalue weighted by molar-refractivity contribution is -0.660. The van der Waals surface area contributed by atoms with Crippen LogP contribution < -0.4 is 4.57 Å². The van der Waals surface area contributed by atoms with Crippen LogP contribution in [0.1, 0.15) is 43.0 Å². The van der Waals surface area contributed by atoms with E-state index in [2.05, 4.69) is 94.0 Å². The van der Waals surface area contributed by atoms with Crippen LogP contribution in [0.4, 0.5) is 0 Å². The summed E-state index contributed by atoms with van der Waals surface area (Å²) >= 11 is 0. The van der Waals surface area contributed by atoms with Gasteiger partial charge in [-0.2, -0.15) is 0 Å². The van der Waals surface area contributed by atoms with Gasteiger partial charge in [-0.25, -0.2) is 4.57 Å². The topological polar surface area (TPSA) is 3.88 Å². The smallest absolute Gasteiger partial charge is 0.201 e. The Hall–Kier alpha value is -2.41. The highest BCUT2D eigenvalue weighted by Crippen LogP contribution is 2.49. The molecule has 1 heteroatoms. The van der Waals surface area contributed by atoms with Crippen LogP contribution in [0, 0.1) is 6.92 Å². The van der Waals surface area contributed by atoms with Gasteiger partial charge in [0.05, 0.1) is 0 Å². The molecule has 0 radical (unpaired) electrons. The van der Waals surface area contributed by atoms with Crippen molar-refractivity contribution in [3.05, 3.63) is 77.0 Å². The maximum absolute atomic E-state index is 2.42. The third-order valence-electron chi connectivity index (χ3n) is 5.81. The lowest BCUT2D eigenvalue weighted by Crippen LogP contribution is -2.31. The monoisotopic (exact) mass is 328 g/mol. The van der Waals surface area contributed by atoms with E-state index in [0.29, 0.717) is 0 Å². The van der Waals surface area contributed by atoms with Crippen molar-refractivity contribution in [3.8, 4) is 22.4 Å². The summed E-state index contributed by atoms with van der Waals surface area (Å²) in [6.45, 7) is 9.13. The number of aromatic nitrogens is 1. The van der Waals surface area contributed by atoms with Gasteiger partial charge in [-0.05, 0) is 53.3 Å². The molecule has 0 fully saturated rings. The Morgan fingerprint density at radius 1 is 0.880 bits per heavy atom. The van der Waals surface area contributed by atoms with Crippen LogP contribution in [-0.2, 0) is 18.9 Å². The number of benzene rings is 2. The minimum Gasteiger partial charge on any atom is -0.201 e. The molecule has 1 nitrogen and oxygen atoms in total. The van der Waals surface area contributed by atoms with E-state index in [9.17, 15) is 0 Å². The van der Waals surface area contributed by atoms with Crippen molar-refractivity contribution in [2.45, 2.75) is 39.5 Å². The van der Waals surface area contributed by atoms with Crippen LogP contribution in [0.2, 0.25) is 0 Å². The SMILES string of the molecule is CCc1ccc(-c2cc3c(cc2C)-c2ccccc2C3(C)C)[n+](C)c1. The summed E-state index contributed by atoms with van der Waals surface area (Å²) in [5.41, 5.74) is 11.0. The number of fused-ring (bicyclic) bond motifs is 3. The van der Waals surface area contributed by atoms with Crippen molar-refractivity contribution in [1.29, 1.82) is 0 Å². The highest BCUT2D eigenvalue weighted by atomic mass is 14.9. The second-order valence-corrected chi connectivity index (χ2v) is 7.77. The molecule has 1 heterocycles. The number of hydrogen-bond donors (Lipinski definition) is 0. The average molecular weight is 328 g/mol. The molecule has 0 bridgehead atoms. The number of hydrogen-bond acceptors (Lipinski definition) is 0. The third-order valence-corrected chi connectivity index (χ3v) is 5.81. The van der Waals surface area contributed by atoms with Crippen LogP contribution in [0.5, 0.6) is 0 Å². The van der Waals surface area contributed by atoms with Crippen molar-refractivity contribution in [2.75, 3.05) is 0 Å². The zero-order chi connectivity index (χ0) is 17.8. The van der Waals surface area contributed by atoms with Crippen LogP contribution in [-0.4, -0.2) is 0 Å². The van der Waals surface area contributed by atoms with Crippen molar-refractivity contribution >= 4 is 0 Å². The molecule has 0 aliphatic heterocycles. The summed E-state index contributed by atoms with van der Waals surface area (Å²) in [7, 11) is 2.15. The normalized spacial score (nSPS) is 14.3. The lowest BCUT2D eigenvalue weighted by Gasteiger charge is -2.22. The van der Waals surface area contributed by atoms with E-state index >= 15 is 0 Å². The molecule has 1 aromatic heterocycles. The predicted molar refractivity (Wildman–Crippen MR) is 105 cm³/mol. The van der Waals surface area contributed by atoms with Gasteiger partial charge in [0.15, 0.2) is 6.20 Å². The molecular formula is C24H26N+. The first kappa shape index (κ1) is 16.1. The Labute approximate surface area is 151 Å². The molecule has 0 atom stereocenters. The first-order chi connectivity index (χ1) is 11.9. The first-order valence-corrected chi connectivity index (χ1v) is 9.17. The van der Waals surface area contributed by atoms with E-state index < -0.39 is 0 Å². The van der Waals surface area contributed by atoms with E-state index in [4.69, 9.17) is 0 Å². The number of aryl methyl sites for hydroxylation is 3. The quantitative estimate of drug-likeness (QED) is 0.558. The van der Waals surface area contributed by atoms with Crippen LogP contribution in [0.25, 0.3) is 22.4 Å². The maximum Gasteiger partial charge on any atom is 0.212 e. The van der Waals surface area contributed by atoms with E-state index in [0.717, 1.165) is 6.42 Å². The zero-order valence-electron chi connectivity index (χ0n) is 15.9. The molecule has 2 aromatic carbocycles. The molecule has 0 saturated carbocycles.